The fraction of sp³-hybridized carbons (Fsp3) is 0.833. The molecule has 1 rings (SSSR count). The smallest absolute Gasteiger partial charge is 0.159 e. The maximum Gasteiger partial charge on any atom is 0.159 e. The molecule has 1 N–H and O–H groups in total. The molecule has 1 atom stereocenters. The minimum absolute atomic E-state index is 0.221. The van der Waals surface area contributed by atoms with Crippen LogP contribution in [-0.2, 0) is 15.9 Å². The summed E-state index contributed by atoms with van der Waals surface area (Å²) in [5, 5.41) is 14.5. The van der Waals surface area contributed by atoms with Crippen LogP contribution in [0.5, 0.6) is 0 Å². The number of aliphatic hydroxyl groups is 1. The van der Waals surface area contributed by atoms with E-state index in [1.54, 1.807) is 21.1 Å². The van der Waals surface area contributed by atoms with Crippen LogP contribution in [0.4, 0.5) is 0 Å². The largest absolute Gasteiger partial charge is 0.390 e. The predicted octanol–water partition coefficient (Wildman–Crippen LogP) is 1.16. The van der Waals surface area contributed by atoms with Gasteiger partial charge >= 0.3 is 0 Å². The molecular formula is C12H23N3O3. The van der Waals surface area contributed by atoms with E-state index in [1.165, 1.54) is 6.33 Å². The van der Waals surface area contributed by atoms with E-state index in [-0.39, 0.29) is 6.04 Å². The second-order valence-electron chi connectivity index (χ2n) is 4.99. The van der Waals surface area contributed by atoms with Gasteiger partial charge in [0.05, 0.1) is 5.60 Å². The number of ether oxygens (including phenoxy) is 2. The highest BCUT2D eigenvalue weighted by atomic mass is 16.7. The van der Waals surface area contributed by atoms with Crippen LogP contribution in [0.1, 0.15) is 39.1 Å². The first kappa shape index (κ1) is 15.1. The first-order valence-corrected chi connectivity index (χ1v) is 6.06. The number of hydrogen-bond acceptors (Lipinski definition) is 5. The fourth-order valence-electron chi connectivity index (χ4n) is 1.87. The van der Waals surface area contributed by atoms with E-state index in [2.05, 4.69) is 10.1 Å². The van der Waals surface area contributed by atoms with Gasteiger partial charge in [-0.2, -0.15) is 5.10 Å². The molecule has 0 saturated carbocycles. The predicted molar refractivity (Wildman–Crippen MR) is 67.2 cm³/mol. The first-order chi connectivity index (χ1) is 8.39. The van der Waals surface area contributed by atoms with Crippen LogP contribution in [0.3, 0.4) is 0 Å². The Labute approximate surface area is 108 Å². The Morgan fingerprint density at radius 2 is 2.00 bits per heavy atom. The van der Waals surface area contributed by atoms with Crippen LogP contribution in [0, 0.1) is 0 Å². The number of methoxy groups -OCH3 is 2. The maximum atomic E-state index is 10.4. The normalized spacial score (nSPS) is 15.3. The van der Waals surface area contributed by atoms with Gasteiger partial charge in [-0.1, -0.05) is 0 Å². The quantitative estimate of drug-likeness (QED) is 0.742. The summed E-state index contributed by atoms with van der Waals surface area (Å²) >= 11 is 0. The van der Waals surface area contributed by atoms with E-state index in [1.807, 2.05) is 18.5 Å². The Balaban J connectivity index is 2.72. The Morgan fingerprint density at radius 1 is 1.39 bits per heavy atom. The van der Waals surface area contributed by atoms with Gasteiger partial charge in [-0.25, -0.2) is 9.67 Å². The lowest BCUT2D eigenvalue weighted by Crippen LogP contribution is -2.35. The molecule has 6 heteroatoms. The number of hydrogen-bond donors (Lipinski definition) is 1. The summed E-state index contributed by atoms with van der Waals surface area (Å²) in [5.74, 6) is 0.765. The van der Waals surface area contributed by atoms with Gasteiger partial charge in [0.25, 0.3) is 0 Å². The summed E-state index contributed by atoms with van der Waals surface area (Å²) < 4.78 is 12.0. The Kier molecular flexibility index (Phi) is 5.25. The van der Waals surface area contributed by atoms with Crippen molar-refractivity contribution in [3.05, 3.63) is 12.2 Å². The van der Waals surface area contributed by atoms with Crippen LogP contribution >= 0.6 is 0 Å². The Bertz CT molecular complexity index is 359. The van der Waals surface area contributed by atoms with Crippen LogP contribution in [-0.4, -0.2) is 46.0 Å². The Morgan fingerprint density at radius 3 is 2.50 bits per heavy atom. The van der Waals surface area contributed by atoms with E-state index >= 15 is 0 Å². The SMILES string of the molecule is COC(CC(C)(O)Cc1ncnn1C(C)C)OC. The monoisotopic (exact) mass is 257 g/mol. The third-order valence-electron chi connectivity index (χ3n) is 2.81. The molecule has 104 valence electrons. The molecule has 0 amide bonds. The first-order valence-electron chi connectivity index (χ1n) is 6.06. The lowest BCUT2D eigenvalue weighted by Gasteiger charge is -2.27. The standard InChI is InChI=1S/C12H23N3O3/c1-9(2)15-10(13-8-14-15)6-12(3,16)7-11(17-4)18-5/h8-9,11,16H,6-7H2,1-5H3. The van der Waals surface area contributed by atoms with E-state index in [0.29, 0.717) is 12.8 Å². The third kappa shape index (κ3) is 4.04. The van der Waals surface area contributed by atoms with Crippen molar-refractivity contribution >= 4 is 0 Å². The van der Waals surface area contributed by atoms with Crippen molar-refractivity contribution in [2.45, 2.75) is 51.5 Å². The average molecular weight is 257 g/mol. The number of aromatic nitrogens is 3. The molecule has 0 fully saturated rings. The molecular weight excluding hydrogens is 234 g/mol. The van der Waals surface area contributed by atoms with Gasteiger partial charge in [0.2, 0.25) is 0 Å². The van der Waals surface area contributed by atoms with Crippen molar-refractivity contribution in [3.8, 4) is 0 Å². The summed E-state index contributed by atoms with van der Waals surface area (Å²) in [6.45, 7) is 5.80. The van der Waals surface area contributed by atoms with Gasteiger partial charge in [0.15, 0.2) is 6.29 Å². The summed E-state index contributed by atoms with van der Waals surface area (Å²) in [6, 6.07) is 0.221. The van der Waals surface area contributed by atoms with E-state index in [0.717, 1.165) is 5.82 Å². The van der Waals surface area contributed by atoms with Crippen molar-refractivity contribution in [2.24, 2.45) is 0 Å². The van der Waals surface area contributed by atoms with Crippen LogP contribution in [0.2, 0.25) is 0 Å². The van der Waals surface area contributed by atoms with Gasteiger partial charge in [-0.3, -0.25) is 0 Å². The van der Waals surface area contributed by atoms with E-state index < -0.39 is 11.9 Å². The zero-order valence-corrected chi connectivity index (χ0v) is 11.8. The maximum absolute atomic E-state index is 10.4. The Hall–Kier alpha value is -0.980. The average Bonchev–Trinajstić information content (AvgIpc) is 2.73. The van der Waals surface area contributed by atoms with Crippen molar-refractivity contribution in [1.82, 2.24) is 14.8 Å². The molecule has 0 aliphatic heterocycles. The molecule has 1 aromatic rings. The van der Waals surface area contributed by atoms with Crippen LogP contribution < -0.4 is 0 Å². The fourth-order valence-corrected chi connectivity index (χ4v) is 1.87. The minimum atomic E-state index is -0.948. The highest BCUT2D eigenvalue weighted by Crippen LogP contribution is 2.20. The van der Waals surface area contributed by atoms with Crippen molar-refractivity contribution in [1.29, 1.82) is 0 Å². The molecule has 0 saturated heterocycles. The molecule has 1 heterocycles. The van der Waals surface area contributed by atoms with Crippen molar-refractivity contribution in [3.63, 3.8) is 0 Å². The third-order valence-corrected chi connectivity index (χ3v) is 2.81. The molecule has 0 bridgehead atoms. The molecule has 1 aromatic heterocycles. The second kappa shape index (κ2) is 6.26. The molecule has 0 aliphatic carbocycles. The van der Waals surface area contributed by atoms with Gasteiger partial charge in [-0.05, 0) is 20.8 Å². The zero-order valence-electron chi connectivity index (χ0n) is 11.8. The molecule has 0 aromatic carbocycles. The van der Waals surface area contributed by atoms with Crippen molar-refractivity contribution < 1.29 is 14.6 Å². The number of rotatable bonds is 7. The van der Waals surface area contributed by atoms with Crippen LogP contribution in [0.15, 0.2) is 6.33 Å². The molecule has 1 unspecified atom stereocenters. The van der Waals surface area contributed by atoms with Crippen LogP contribution in [0.25, 0.3) is 0 Å². The molecule has 0 aliphatic rings. The molecule has 6 nitrogen and oxygen atoms in total. The highest BCUT2D eigenvalue weighted by molar-refractivity contribution is 4.94. The molecule has 18 heavy (non-hydrogen) atoms. The summed E-state index contributed by atoms with van der Waals surface area (Å²) in [4.78, 5) is 4.19. The lowest BCUT2D eigenvalue weighted by atomic mass is 9.97. The highest BCUT2D eigenvalue weighted by Gasteiger charge is 2.28. The zero-order chi connectivity index (χ0) is 13.8. The summed E-state index contributed by atoms with van der Waals surface area (Å²) in [6.07, 6.45) is 1.88. The topological polar surface area (TPSA) is 69.4 Å². The minimum Gasteiger partial charge on any atom is -0.390 e. The summed E-state index contributed by atoms with van der Waals surface area (Å²) in [5.41, 5.74) is -0.948. The second-order valence-corrected chi connectivity index (χ2v) is 4.99. The van der Waals surface area contributed by atoms with Gasteiger partial charge < -0.3 is 14.6 Å². The van der Waals surface area contributed by atoms with Gasteiger partial charge in [-0.15, -0.1) is 0 Å². The van der Waals surface area contributed by atoms with Gasteiger partial charge in [0.1, 0.15) is 12.2 Å². The summed E-state index contributed by atoms with van der Waals surface area (Å²) in [7, 11) is 3.11. The van der Waals surface area contributed by atoms with Gasteiger partial charge in [0, 0.05) is 33.1 Å². The lowest BCUT2D eigenvalue weighted by molar-refractivity contribution is -0.140. The van der Waals surface area contributed by atoms with E-state index in [4.69, 9.17) is 9.47 Å². The number of nitrogens with zero attached hydrogens (tertiary/aromatic N) is 3. The molecule has 0 spiro atoms. The molecule has 0 radical (unpaired) electrons. The van der Waals surface area contributed by atoms with Crippen molar-refractivity contribution in [2.75, 3.05) is 14.2 Å². The van der Waals surface area contributed by atoms with E-state index in [9.17, 15) is 5.11 Å².